The van der Waals surface area contributed by atoms with Gasteiger partial charge in [-0.2, -0.15) is 0 Å². The Bertz CT molecular complexity index is 477. The van der Waals surface area contributed by atoms with Crippen molar-refractivity contribution in [1.82, 2.24) is 5.32 Å². The normalized spacial score (nSPS) is 31.7. The van der Waals surface area contributed by atoms with E-state index in [2.05, 4.69) is 12.2 Å². The molecular weight excluding hydrogens is 218 g/mol. The summed E-state index contributed by atoms with van der Waals surface area (Å²) in [5.41, 5.74) is 0. The van der Waals surface area contributed by atoms with Gasteiger partial charge in [-0.1, -0.05) is 6.92 Å². The average molecular weight is 233 g/mol. The number of carbonyl (C=O) groups excluding carboxylic acids is 2. The molecule has 2 amide bonds. The van der Waals surface area contributed by atoms with Gasteiger partial charge >= 0.3 is 0 Å². The third-order valence-electron chi connectivity index (χ3n) is 3.67. The molecule has 2 fully saturated rings. The molecule has 2 aliphatic rings. The Labute approximate surface area is 99.4 Å². The molecule has 1 aromatic rings. The first kappa shape index (κ1) is 10.6. The zero-order chi connectivity index (χ0) is 12.0. The summed E-state index contributed by atoms with van der Waals surface area (Å²) in [7, 11) is 0. The maximum atomic E-state index is 11.4. The van der Waals surface area contributed by atoms with Gasteiger partial charge in [0.2, 0.25) is 11.8 Å². The van der Waals surface area contributed by atoms with Crippen molar-refractivity contribution in [2.24, 2.45) is 11.8 Å². The molecule has 1 aliphatic carbocycles. The second kappa shape index (κ2) is 3.72. The lowest BCUT2D eigenvalue weighted by molar-refractivity contribution is -0.125. The Morgan fingerprint density at radius 3 is 2.76 bits per heavy atom. The molecule has 1 aromatic heterocycles. The highest BCUT2D eigenvalue weighted by atomic mass is 16.3. The van der Waals surface area contributed by atoms with Crippen LogP contribution in [0, 0.1) is 11.8 Å². The van der Waals surface area contributed by atoms with E-state index in [0.717, 1.165) is 11.5 Å². The molecule has 0 radical (unpaired) electrons. The standard InChI is InChI=1S/C13H15NO3/c1-7-4-10(7)11-3-2-9(17-11)5-8-6-12(15)14-13(8)16/h2-3,7-8,10H,4-6H2,1H3,(H,14,15,16). The molecule has 1 saturated heterocycles. The molecule has 0 spiro atoms. The van der Waals surface area contributed by atoms with Crippen LogP contribution in [0.2, 0.25) is 0 Å². The number of carbonyl (C=O) groups is 2. The van der Waals surface area contributed by atoms with E-state index in [0.29, 0.717) is 18.3 Å². The van der Waals surface area contributed by atoms with Crippen LogP contribution in [0.4, 0.5) is 0 Å². The van der Waals surface area contributed by atoms with Crippen LogP contribution in [0.3, 0.4) is 0 Å². The first-order valence-electron chi connectivity index (χ1n) is 6.06. The van der Waals surface area contributed by atoms with Gasteiger partial charge < -0.3 is 4.42 Å². The molecule has 4 heteroatoms. The first-order valence-corrected chi connectivity index (χ1v) is 6.06. The van der Waals surface area contributed by atoms with Gasteiger partial charge in [-0.05, 0) is 24.5 Å². The molecule has 1 aliphatic heterocycles. The summed E-state index contributed by atoms with van der Waals surface area (Å²) >= 11 is 0. The summed E-state index contributed by atoms with van der Waals surface area (Å²) in [6, 6.07) is 3.93. The molecule has 3 unspecified atom stereocenters. The zero-order valence-corrected chi connectivity index (χ0v) is 9.73. The number of furan rings is 1. The van der Waals surface area contributed by atoms with E-state index in [4.69, 9.17) is 4.42 Å². The van der Waals surface area contributed by atoms with Gasteiger partial charge in [0.15, 0.2) is 0 Å². The molecule has 90 valence electrons. The molecule has 3 atom stereocenters. The molecule has 1 N–H and O–H groups in total. The summed E-state index contributed by atoms with van der Waals surface area (Å²) in [6.07, 6.45) is 2.00. The van der Waals surface area contributed by atoms with E-state index < -0.39 is 0 Å². The quantitative estimate of drug-likeness (QED) is 0.807. The van der Waals surface area contributed by atoms with Crippen molar-refractivity contribution in [3.8, 4) is 0 Å². The minimum Gasteiger partial charge on any atom is -0.466 e. The first-order chi connectivity index (χ1) is 8.13. The van der Waals surface area contributed by atoms with Crippen molar-refractivity contribution >= 4 is 11.8 Å². The van der Waals surface area contributed by atoms with Gasteiger partial charge in [0, 0.05) is 18.8 Å². The van der Waals surface area contributed by atoms with Gasteiger partial charge in [-0.25, -0.2) is 0 Å². The van der Waals surface area contributed by atoms with Crippen LogP contribution in [-0.4, -0.2) is 11.8 Å². The van der Waals surface area contributed by atoms with E-state index in [1.807, 2.05) is 12.1 Å². The highest BCUT2D eigenvalue weighted by Gasteiger charge is 2.37. The summed E-state index contributed by atoms with van der Waals surface area (Å²) < 4.78 is 5.73. The fourth-order valence-electron chi connectivity index (χ4n) is 2.44. The SMILES string of the molecule is CC1CC1c1ccc(CC2CC(=O)NC2=O)o1. The lowest BCUT2D eigenvalue weighted by Gasteiger charge is -2.02. The van der Waals surface area contributed by atoms with Gasteiger partial charge in [0.05, 0.1) is 5.92 Å². The molecule has 17 heavy (non-hydrogen) atoms. The fraction of sp³-hybridized carbons (Fsp3) is 0.538. The van der Waals surface area contributed by atoms with Crippen molar-refractivity contribution in [2.75, 3.05) is 0 Å². The topological polar surface area (TPSA) is 59.3 Å². The van der Waals surface area contributed by atoms with Crippen molar-refractivity contribution in [3.05, 3.63) is 23.7 Å². The van der Waals surface area contributed by atoms with Crippen LogP contribution in [0.5, 0.6) is 0 Å². The van der Waals surface area contributed by atoms with Crippen molar-refractivity contribution in [3.63, 3.8) is 0 Å². The van der Waals surface area contributed by atoms with Crippen LogP contribution in [0.1, 0.15) is 37.2 Å². The zero-order valence-electron chi connectivity index (χ0n) is 9.73. The largest absolute Gasteiger partial charge is 0.466 e. The Balaban J connectivity index is 1.67. The Kier molecular flexibility index (Phi) is 2.31. The number of rotatable bonds is 3. The van der Waals surface area contributed by atoms with Crippen LogP contribution in [0.25, 0.3) is 0 Å². The van der Waals surface area contributed by atoms with E-state index in [1.165, 1.54) is 6.42 Å². The highest BCUT2D eigenvalue weighted by molar-refractivity contribution is 6.03. The number of hydrogen-bond acceptors (Lipinski definition) is 3. The smallest absolute Gasteiger partial charge is 0.230 e. The van der Waals surface area contributed by atoms with Crippen molar-refractivity contribution in [2.45, 2.75) is 32.1 Å². The molecule has 2 heterocycles. The lowest BCUT2D eigenvalue weighted by atomic mass is 10.0. The molecule has 0 bridgehead atoms. The Morgan fingerprint density at radius 1 is 1.41 bits per heavy atom. The Hall–Kier alpha value is -1.58. The van der Waals surface area contributed by atoms with Crippen molar-refractivity contribution in [1.29, 1.82) is 0 Å². The number of imide groups is 1. The van der Waals surface area contributed by atoms with Gasteiger partial charge in [-0.15, -0.1) is 0 Å². The van der Waals surface area contributed by atoms with Gasteiger partial charge in [0.25, 0.3) is 0 Å². The predicted octanol–water partition coefficient (Wildman–Crippen LogP) is 1.61. The summed E-state index contributed by atoms with van der Waals surface area (Å²) in [5.74, 6) is 2.51. The second-order valence-electron chi connectivity index (χ2n) is 5.14. The third-order valence-corrected chi connectivity index (χ3v) is 3.67. The predicted molar refractivity (Wildman–Crippen MR) is 60.2 cm³/mol. The van der Waals surface area contributed by atoms with E-state index in [1.54, 1.807) is 0 Å². The van der Waals surface area contributed by atoms with Crippen LogP contribution < -0.4 is 5.32 Å². The molecular formula is C13H15NO3. The van der Waals surface area contributed by atoms with Gasteiger partial charge in [-0.3, -0.25) is 14.9 Å². The highest BCUT2D eigenvalue weighted by Crippen LogP contribution is 2.47. The number of amides is 2. The van der Waals surface area contributed by atoms with Gasteiger partial charge in [0.1, 0.15) is 11.5 Å². The van der Waals surface area contributed by atoms with Crippen LogP contribution in [-0.2, 0) is 16.0 Å². The maximum Gasteiger partial charge on any atom is 0.230 e. The monoisotopic (exact) mass is 233 g/mol. The average Bonchev–Trinajstić information content (AvgIpc) is 2.71. The molecule has 1 saturated carbocycles. The number of nitrogens with one attached hydrogen (secondary N) is 1. The van der Waals surface area contributed by atoms with Crippen LogP contribution >= 0.6 is 0 Å². The maximum absolute atomic E-state index is 11.4. The summed E-state index contributed by atoms with van der Waals surface area (Å²) in [4.78, 5) is 22.5. The molecule has 3 rings (SSSR count). The summed E-state index contributed by atoms with van der Waals surface area (Å²) in [6.45, 7) is 2.20. The summed E-state index contributed by atoms with van der Waals surface area (Å²) in [5, 5.41) is 2.32. The molecule has 0 aromatic carbocycles. The second-order valence-corrected chi connectivity index (χ2v) is 5.14. The van der Waals surface area contributed by atoms with E-state index in [9.17, 15) is 9.59 Å². The van der Waals surface area contributed by atoms with E-state index >= 15 is 0 Å². The molecule has 4 nitrogen and oxygen atoms in total. The Morgan fingerprint density at radius 2 is 2.18 bits per heavy atom. The number of hydrogen-bond donors (Lipinski definition) is 1. The fourth-order valence-corrected chi connectivity index (χ4v) is 2.44. The van der Waals surface area contributed by atoms with Crippen LogP contribution in [0.15, 0.2) is 16.5 Å². The minimum absolute atomic E-state index is 0.173. The minimum atomic E-state index is -0.252. The van der Waals surface area contributed by atoms with E-state index in [-0.39, 0.29) is 24.2 Å². The third kappa shape index (κ3) is 1.99. The van der Waals surface area contributed by atoms with Crippen molar-refractivity contribution < 1.29 is 14.0 Å². The lowest BCUT2D eigenvalue weighted by Crippen LogP contribution is -2.22.